The Kier molecular flexibility index (Phi) is 4.96. The van der Waals surface area contributed by atoms with E-state index in [4.69, 9.17) is 16.3 Å². The minimum atomic E-state index is -0.694. The van der Waals surface area contributed by atoms with Gasteiger partial charge in [-0.15, -0.1) is 0 Å². The Morgan fingerprint density at radius 1 is 1.43 bits per heavy atom. The van der Waals surface area contributed by atoms with Crippen molar-refractivity contribution in [1.29, 1.82) is 0 Å². The van der Waals surface area contributed by atoms with Crippen LogP contribution in [0.1, 0.15) is 0 Å². The van der Waals surface area contributed by atoms with E-state index in [0.717, 1.165) is 12.1 Å². The van der Waals surface area contributed by atoms with Crippen LogP contribution in [0.25, 0.3) is 0 Å². The van der Waals surface area contributed by atoms with E-state index in [2.05, 4.69) is 25.9 Å². The van der Waals surface area contributed by atoms with Crippen molar-refractivity contribution in [3.63, 3.8) is 0 Å². The average Bonchev–Trinajstić information content (AvgIpc) is 2.41. The molecule has 0 N–H and O–H groups in total. The lowest BCUT2D eigenvalue weighted by Gasteiger charge is -2.07. The molecule has 0 aliphatic carbocycles. The number of nitro benzene ring substituents is 1. The Morgan fingerprint density at radius 3 is 2.76 bits per heavy atom. The van der Waals surface area contributed by atoms with E-state index >= 15 is 0 Å². The van der Waals surface area contributed by atoms with Crippen molar-refractivity contribution in [1.82, 2.24) is 9.97 Å². The maximum atomic E-state index is 13.5. The van der Waals surface area contributed by atoms with Crippen LogP contribution in [0.15, 0.2) is 27.8 Å². The van der Waals surface area contributed by atoms with Crippen molar-refractivity contribution >= 4 is 45.0 Å². The number of thioether (sulfide) groups is 1. The average molecular weight is 395 g/mol. The molecular weight excluding hydrogens is 389 g/mol. The van der Waals surface area contributed by atoms with Crippen molar-refractivity contribution in [3.8, 4) is 11.6 Å². The second-order valence-corrected chi connectivity index (χ2v) is 5.62. The summed E-state index contributed by atoms with van der Waals surface area (Å²) in [6.45, 7) is 0. The number of halogens is 3. The highest BCUT2D eigenvalue weighted by Gasteiger charge is 2.20. The van der Waals surface area contributed by atoms with Crippen molar-refractivity contribution in [2.24, 2.45) is 0 Å². The summed E-state index contributed by atoms with van der Waals surface area (Å²) >= 11 is 9.90. The highest BCUT2D eigenvalue weighted by atomic mass is 79.9. The predicted octanol–water partition coefficient (Wildman–Crippen LogP) is 4.45. The molecule has 0 spiro atoms. The highest BCUT2D eigenvalue weighted by Crippen LogP contribution is 2.35. The van der Waals surface area contributed by atoms with E-state index in [1.807, 2.05) is 0 Å². The summed E-state index contributed by atoms with van der Waals surface area (Å²) in [5.41, 5.74) is -0.399. The van der Waals surface area contributed by atoms with E-state index < -0.39 is 16.4 Å². The molecule has 0 radical (unpaired) electrons. The van der Waals surface area contributed by atoms with Gasteiger partial charge in [-0.2, -0.15) is 4.98 Å². The number of nitrogens with zero attached hydrogens (tertiary/aromatic N) is 3. The van der Waals surface area contributed by atoms with Gasteiger partial charge in [-0.3, -0.25) is 10.1 Å². The Morgan fingerprint density at radius 2 is 2.14 bits per heavy atom. The van der Waals surface area contributed by atoms with E-state index in [1.54, 1.807) is 6.26 Å². The minimum absolute atomic E-state index is 0.0100. The van der Waals surface area contributed by atoms with E-state index in [9.17, 15) is 14.5 Å². The lowest BCUT2D eigenvalue weighted by molar-refractivity contribution is -0.385. The predicted molar refractivity (Wildman–Crippen MR) is 79.7 cm³/mol. The molecule has 0 saturated carbocycles. The molecule has 0 aliphatic heterocycles. The topological polar surface area (TPSA) is 78.2 Å². The van der Waals surface area contributed by atoms with Gasteiger partial charge in [-0.25, -0.2) is 9.37 Å². The van der Waals surface area contributed by atoms with Gasteiger partial charge >= 0.3 is 5.69 Å². The first-order valence-electron chi connectivity index (χ1n) is 5.30. The van der Waals surface area contributed by atoms with Gasteiger partial charge < -0.3 is 4.74 Å². The SMILES string of the molecule is CSc1nc(Cl)cc(Oc2cc(F)c(Br)cc2[N+](=O)[O-])n1. The van der Waals surface area contributed by atoms with Crippen LogP contribution in [-0.2, 0) is 0 Å². The van der Waals surface area contributed by atoms with Gasteiger partial charge in [0.15, 0.2) is 5.16 Å². The van der Waals surface area contributed by atoms with Crippen LogP contribution in [0.2, 0.25) is 5.15 Å². The van der Waals surface area contributed by atoms with Crippen LogP contribution < -0.4 is 4.74 Å². The molecule has 1 aromatic heterocycles. The summed E-state index contributed by atoms with van der Waals surface area (Å²) in [7, 11) is 0. The number of aromatic nitrogens is 2. The van der Waals surface area contributed by atoms with Crippen LogP contribution in [0.3, 0.4) is 0 Å². The van der Waals surface area contributed by atoms with Crippen molar-refractivity contribution in [3.05, 3.63) is 43.8 Å². The van der Waals surface area contributed by atoms with Crippen molar-refractivity contribution in [2.45, 2.75) is 5.16 Å². The molecule has 110 valence electrons. The third-order valence-corrected chi connectivity index (χ3v) is 3.60. The van der Waals surface area contributed by atoms with Gasteiger partial charge in [0.1, 0.15) is 11.0 Å². The van der Waals surface area contributed by atoms with Crippen LogP contribution >= 0.6 is 39.3 Å². The van der Waals surface area contributed by atoms with E-state index in [0.29, 0.717) is 5.16 Å². The van der Waals surface area contributed by atoms with Crippen LogP contribution in [-0.4, -0.2) is 21.1 Å². The zero-order valence-electron chi connectivity index (χ0n) is 10.3. The molecule has 2 rings (SSSR count). The largest absolute Gasteiger partial charge is 0.431 e. The molecule has 0 aliphatic rings. The normalized spacial score (nSPS) is 10.5. The Balaban J connectivity index is 2.46. The highest BCUT2D eigenvalue weighted by molar-refractivity contribution is 9.10. The molecular formula is C11H6BrClFN3O3S. The van der Waals surface area contributed by atoms with Crippen LogP contribution in [0.5, 0.6) is 11.6 Å². The standard InChI is InChI=1S/C11H6BrClFN3O3S/c1-21-11-15-9(13)4-10(16-11)20-8-3-6(14)5(12)2-7(8)17(18)19/h2-4H,1H3. The Labute approximate surface area is 136 Å². The fraction of sp³-hybridized carbons (Fsp3) is 0.0909. The molecule has 0 amide bonds. The van der Waals surface area contributed by atoms with E-state index in [1.165, 1.54) is 17.8 Å². The molecule has 1 heterocycles. The van der Waals surface area contributed by atoms with Gasteiger partial charge in [-0.05, 0) is 22.2 Å². The molecule has 1 aromatic carbocycles. The lowest BCUT2D eigenvalue weighted by atomic mass is 10.3. The zero-order chi connectivity index (χ0) is 15.6. The summed E-state index contributed by atoms with van der Waals surface area (Å²) in [6, 6.07) is 3.20. The number of rotatable bonds is 4. The molecule has 21 heavy (non-hydrogen) atoms. The first-order chi connectivity index (χ1) is 9.90. The molecule has 6 nitrogen and oxygen atoms in total. The summed E-state index contributed by atoms with van der Waals surface area (Å²) < 4.78 is 18.8. The smallest absolute Gasteiger partial charge is 0.312 e. The Hall–Kier alpha value is -1.45. The van der Waals surface area contributed by atoms with Crippen LogP contribution in [0, 0.1) is 15.9 Å². The number of ether oxygens (including phenoxy) is 1. The lowest BCUT2D eigenvalue weighted by Crippen LogP contribution is -1.97. The summed E-state index contributed by atoms with van der Waals surface area (Å²) in [4.78, 5) is 18.2. The monoisotopic (exact) mass is 393 g/mol. The number of hydrogen-bond donors (Lipinski definition) is 0. The number of nitro groups is 1. The third-order valence-electron chi connectivity index (χ3n) is 2.25. The van der Waals surface area contributed by atoms with Crippen molar-refractivity contribution < 1.29 is 14.1 Å². The van der Waals surface area contributed by atoms with Gasteiger partial charge in [0, 0.05) is 18.2 Å². The van der Waals surface area contributed by atoms with Gasteiger partial charge in [-0.1, -0.05) is 23.4 Å². The van der Waals surface area contributed by atoms with Gasteiger partial charge in [0.05, 0.1) is 9.40 Å². The zero-order valence-corrected chi connectivity index (χ0v) is 13.5. The minimum Gasteiger partial charge on any atom is -0.431 e. The fourth-order valence-electron chi connectivity index (χ4n) is 1.38. The molecule has 0 fully saturated rings. The molecule has 0 unspecified atom stereocenters. The maximum Gasteiger partial charge on any atom is 0.312 e. The Bertz CT molecular complexity index is 719. The number of hydrogen-bond acceptors (Lipinski definition) is 6. The number of benzene rings is 1. The summed E-state index contributed by atoms with van der Waals surface area (Å²) in [6.07, 6.45) is 1.73. The first-order valence-corrected chi connectivity index (χ1v) is 7.70. The van der Waals surface area contributed by atoms with Crippen molar-refractivity contribution in [2.75, 3.05) is 6.26 Å². The van der Waals surface area contributed by atoms with Gasteiger partial charge in [0.2, 0.25) is 11.6 Å². The first kappa shape index (κ1) is 15.9. The quantitative estimate of drug-likeness (QED) is 0.250. The second-order valence-electron chi connectivity index (χ2n) is 3.61. The fourth-order valence-corrected chi connectivity index (χ4v) is 2.30. The molecule has 0 saturated heterocycles. The van der Waals surface area contributed by atoms with Gasteiger partial charge in [0.25, 0.3) is 0 Å². The molecule has 2 aromatic rings. The van der Waals surface area contributed by atoms with Crippen LogP contribution in [0.4, 0.5) is 10.1 Å². The second kappa shape index (κ2) is 6.54. The van der Waals surface area contributed by atoms with E-state index in [-0.39, 0.29) is 21.3 Å². The molecule has 0 atom stereocenters. The molecule has 0 bridgehead atoms. The summed E-state index contributed by atoms with van der Waals surface area (Å²) in [5.74, 6) is -0.979. The molecule has 10 heteroatoms. The maximum absolute atomic E-state index is 13.5. The summed E-state index contributed by atoms with van der Waals surface area (Å²) in [5, 5.41) is 11.4. The third kappa shape index (κ3) is 3.80.